The average molecular weight is 346 g/mol. The molecule has 5 heteroatoms. The van der Waals surface area contributed by atoms with Gasteiger partial charge >= 0.3 is 0 Å². The minimum Gasteiger partial charge on any atom is -0.370 e. The highest BCUT2D eigenvalue weighted by Gasteiger charge is 2.36. The van der Waals surface area contributed by atoms with E-state index in [0.717, 1.165) is 42.6 Å². The summed E-state index contributed by atoms with van der Waals surface area (Å²) in [6, 6.07) is 1.93. The third-order valence-electron chi connectivity index (χ3n) is 5.46. The number of benzene rings is 1. The summed E-state index contributed by atoms with van der Waals surface area (Å²) in [4.78, 5) is 2.97. The fourth-order valence-corrected chi connectivity index (χ4v) is 4.97. The minimum atomic E-state index is -2.58. The van der Waals surface area contributed by atoms with Gasteiger partial charge in [-0.1, -0.05) is 13.8 Å². The molecule has 4 nitrogen and oxygen atoms in total. The molecule has 2 N–H and O–H groups in total. The standard InChI is InChI=1S/C19H26N2O2S/c1-11(2)9-21-10-15-14(8-17(21)12-3-4-12)18(24(22)23)7-13-5-6-16(20)19(13)15/h7-8,11-12,16,24H,3-6,9-10,20H2,1-2H3/t16-/m1/s1. The SMILES string of the molecule is CC(C)CN1Cc2c(c([SH](=O)=O)cc3c2[C@H](N)CC3)C=C1C1CC1. The lowest BCUT2D eigenvalue weighted by atomic mass is 9.91. The zero-order chi connectivity index (χ0) is 17.0. The van der Waals surface area contributed by atoms with Gasteiger partial charge in [0.2, 0.25) is 0 Å². The molecule has 0 amide bonds. The van der Waals surface area contributed by atoms with Crippen LogP contribution in [-0.2, 0) is 23.7 Å². The van der Waals surface area contributed by atoms with Gasteiger partial charge in [0.25, 0.3) is 0 Å². The second kappa shape index (κ2) is 5.88. The molecule has 1 fully saturated rings. The first-order valence-electron chi connectivity index (χ1n) is 9.01. The minimum absolute atomic E-state index is 0.0455. The number of hydrogen-bond donors (Lipinski definition) is 2. The second-order valence-corrected chi connectivity index (χ2v) is 8.88. The van der Waals surface area contributed by atoms with Crippen LogP contribution in [0.1, 0.15) is 61.4 Å². The van der Waals surface area contributed by atoms with Crippen LogP contribution in [0.5, 0.6) is 0 Å². The largest absolute Gasteiger partial charge is 0.370 e. The molecule has 130 valence electrons. The van der Waals surface area contributed by atoms with Crippen molar-refractivity contribution in [3.63, 3.8) is 0 Å². The highest BCUT2D eigenvalue weighted by molar-refractivity contribution is 7.72. The number of nitrogens with two attached hydrogens (primary N) is 1. The second-order valence-electron chi connectivity index (χ2n) is 7.88. The van der Waals surface area contributed by atoms with Crippen LogP contribution >= 0.6 is 0 Å². The summed E-state index contributed by atoms with van der Waals surface area (Å²) in [7, 11) is -2.58. The van der Waals surface area contributed by atoms with Gasteiger partial charge in [-0.15, -0.1) is 0 Å². The van der Waals surface area contributed by atoms with Crippen LogP contribution in [0, 0.1) is 11.8 Å². The highest BCUT2D eigenvalue weighted by Crippen LogP contribution is 2.46. The smallest absolute Gasteiger partial charge is 0.168 e. The molecular formula is C19H26N2O2S. The molecule has 1 aromatic rings. The Balaban J connectivity index is 1.90. The van der Waals surface area contributed by atoms with E-state index in [1.165, 1.54) is 24.1 Å². The Kier molecular flexibility index (Phi) is 3.96. The first-order valence-corrected chi connectivity index (χ1v) is 10.2. The Bertz CT molecular complexity index is 783. The van der Waals surface area contributed by atoms with Crippen molar-refractivity contribution in [1.29, 1.82) is 0 Å². The van der Waals surface area contributed by atoms with Gasteiger partial charge in [0.15, 0.2) is 10.7 Å². The number of allylic oxidation sites excluding steroid dienone is 1. The molecule has 4 rings (SSSR count). The van der Waals surface area contributed by atoms with E-state index in [9.17, 15) is 8.42 Å². The van der Waals surface area contributed by atoms with Gasteiger partial charge < -0.3 is 10.6 Å². The van der Waals surface area contributed by atoms with E-state index in [0.29, 0.717) is 16.7 Å². The van der Waals surface area contributed by atoms with Gasteiger partial charge in [0.1, 0.15) is 0 Å². The van der Waals surface area contributed by atoms with Gasteiger partial charge in [0, 0.05) is 24.8 Å². The summed E-state index contributed by atoms with van der Waals surface area (Å²) in [6.07, 6.45) is 6.41. The van der Waals surface area contributed by atoms with E-state index in [1.807, 2.05) is 6.07 Å². The molecule has 24 heavy (non-hydrogen) atoms. The molecule has 0 saturated heterocycles. The summed E-state index contributed by atoms with van der Waals surface area (Å²) >= 11 is 0. The summed E-state index contributed by atoms with van der Waals surface area (Å²) in [5.74, 6) is 1.19. The number of hydrogen-bond acceptors (Lipinski definition) is 4. The average Bonchev–Trinajstić information content (AvgIpc) is 3.28. The monoisotopic (exact) mass is 346 g/mol. The zero-order valence-electron chi connectivity index (χ0n) is 14.4. The maximum atomic E-state index is 11.9. The molecule has 3 aliphatic rings. The summed E-state index contributed by atoms with van der Waals surface area (Å²) in [5, 5.41) is 0. The van der Waals surface area contributed by atoms with Crippen LogP contribution in [0.2, 0.25) is 0 Å². The molecule has 1 heterocycles. The Morgan fingerprint density at radius 1 is 1.29 bits per heavy atom. The predicted octanol–water partition coefficient (Wildman–Crippen LogP) is 2.83. The van der Waals surface area contributed by atoms with Crippen molar-refractivity contribution in [1.82, 2.24) is 4.90 Å². The van der Waals surface area contributed by atoms with Crippen LogP contribution in [-0.4, -0.2) is 19.9 Å². The van der Waals surface area contributed by atoms with E-state index in [4.69, 9.17) is 5.73 Å². The van der Waals surface area contributed by atoms with Crippen LogP contribution in [0.25, 0.3) is 6.08 Å². The van der Waals surface area contributed by atoms with Crippen molar-refractivity contribution >= 4 is 16.8 Å². The molecule has 0 aromatic heterocycles. The number of rotatable bonds is 4. The number of thiol groups is 1. The van der Waals surface area contributed by atoms with Crippen molar-refractivity contribution in [2.45, 2.75) is 57.0 Å². The molecule has 0 spiro atoms. The number of fused-ring (bicyclic) bond motifs is 3. The summed E-state index contributed by atoms with van der Waals surface area (Å²) in [5.41, 5.74) is 12.1. The van der Waals surface area contributed by atoms with Gasteiger partial charge in [-0.3, -0.25) is 0 Å². The van der Waals surface area contributed by atoms with Gasteiger partial charge in [-0.2, -0.15) is 0 Å². The molecular weight excluding hydrogens is 320 g/mol. The third-order valence-corrected chi connectivity index (χ3v) is 6.23. The van der Waals surface area contributed by atoms with E-state index < -0.39 is 10.7 Å². The van der Waals surface area contributed by atoms with Crippen LogP contribution in [0.15, 0.2) is 16.7 Å². The molecule has 1 saturated carbocycles. The lowest BCUT2D eigenvalue weighted by Gasteiger charge is -2.35. The molecule has 1 aromatic carbocycles. The molecule has 1 atom stereocenters. The molecule has 0 unspecified atom stereocenters. The predicted molar refractivity (Wildman–Crippen MR) is 96.2 cm³/mol. The van der Waals surface area contributed by atoms with Crippen LogP contribution in [0.3, 0.4) is 0 Å². The van der Waals surface area contributed by atoms with Crippen molar-refractivity contribution in [3.05, 3.63) is 34.0 Å². The molecule has 0 radical (unpaired) electrons. The van der Waals surface area contributed by atoms with Crippen molar-refractivity contribution in [2.75, 3.05) is 6.54 Å². The maximum Gasteiger partial charge on any atom is 0.168 e. The Morgan fingerprint density at radius 3 is 2.67 bits per heavy atom. The van der Waals surface area contributed by atoms with E-state index in [-0.39, 0.29) is 6.04 Å². The fraction of sp³-hybridized carbons (Fsp3) is 0.579. The Labute approximate surface area is 145 Å². The Morgan fingerprint density at radius 2 is 2.04 bits per heavy atom. The maximum absolute atomic E-state index is 11.9. The summed E-state index contributed by atoms with van der Waals surface area (Å²) in [6.45, 7) is 6.30. The molecule has 0 bridgehead atoms. The van der Waals surface area contributed by atoms with E-state index in [2.05, 4.69) is 24.8 Å². The van der Waals surface area contributed by atoms with E-state index in [1.54, 1.807) is 0 Å². The Hall–Kier alpha value is -1.33. The number of nitrogens with zero attached hydrogens (tertiary/aromatic N) is 1. The number of aryl methyl sites for hydroxylation is 1. The van der Waals surface area contributed by atoms with Gasteiger partial charge in [-0.05, 0) is 71.9 Å². The van der Waals surface area contributed by atoms with Gasteiger partial charge in [0.05, 0.1) is 4.90 Å². The topological polar surface area (TPSA) is 63.4 Å². The lowest BCUT2D eigenvalue weighted by molar-refractivity contribution is 0.280. The normalized spacial score (nSPS) is 22.8. The van der Waals surface area contributed by atoms with Crippen molar-refractivity contribution in [2.24, 2.45) is 17.6 Å². The third kappa shape index (κ3) is 2.68. The quantitative estimate of drug-likeness (QED) is 0.823. The molecule has 1 aliphatic heterocycles. The summed E-state index contributed by atoms with van der Waals surface area (Å²) < 4.78 is 23.7. The zero-order valence-corrected chi connectivity index (χ0v) is 15.3. The van der Waals surface area contributed by atoms with Crippen molar-refractivity contribution < 1.29 is 8.42 Å². The first-order chi connectivity index (χ1) is 11.5. The van der Waals surface area contributed by atoms with Crippen LogP contribution in [0.4, 0.5) is 0 Å². The highest BCUT2D eigenvalue weighted by atomic mass is 32.2. The van der Waals surface area contributed by atoms with Gasteiger partial charge in [-0.25, -0.2) is 8.42 Å². The fourth-order valence-electron chi connectivity index (χ4n) is 4.31. The lowest BCUT2D eigenvalue weighted by Crippen LogP contribution is -2.31. The molecule has 2 aliphatic carbocycles. The first kappa shape index (κ1) is 16.2. The van der Waals surface area contributed by atoms with Crippen molar-refractivity contribution in [3.8, 4) is 0 Å². The van der Waals surface area contributed by atoms with E-state index >= 15 is 0 Å². The van der Waals surface area contributed by atoms with Crippen LogP contribution < -0.4 is 5.73 Å².